The van der Waals surface area contributed by atoms with E-state index in [1.165, 1.54) is 0 Å². The van der Waals surface area contributed by atoms with Crippen molar-refractivity contribution in [1.82, 2.24) is 10.2 Å². The van der Waals surface area contributed by atoms with Gasteiger partial charge in [0.2, 0.25) is 0 Å². The second-order valence-electron chi connectivity index (χ2n) is 5.08. The fourth-order valence-electron chi connectivity index (χ4n) is 1.75. The zero-order valence-electron chi connectivity index (χ0n) is 9.70. The SMILES string of the molecule is CC(C)(C)OC(=O)N1CC2(CNCO2)C1=O. The summed E-state index contributed by atoms with van der Waals surface area (Å²) in [6, 6.07) is 0. The fourth-order valence-corrected chi connectivity index (χ4v) is 1.75. The lowest BCUT2D eigenvalue weighted by atomic mass is 9.94. The summed E-state index contributed by atoms with van der Waals surface area (Å²) in [5, 5.41) is 2.93. The van der Waals surface area contributed by atoms with Crippen LogP contribution in [-0.2, 0) is 14.3 Å². The first-order chi connectivity index (χ1) is 7.34. The molecule has 2 amide bonds. The number of β-lactam (4-membered cyclic amide) rings is 1. The fraction of sp³-hybridized carbons (Fsp3) is 0.800. The molecule has 6 nitrogen and oxygen atoms in total. The summed E-state index contributed by atoms with van der Waals surface area (Å²) < 4.78 is 10.4. The number of carbonyl (C=O) groups is 2. The van der Waals surface area contributed by atoms with E-state index in [1.807, 2.05) is 0 Å². The van der Waals surface area contributed by atoms with Gasteiger partial charge < -0.3 is 9.47 Å². The minimum Gasteiger partial charge on any atom is -0.443 e. The number of hydrogen-bond acceptors (Lipinski definition) is 5. The molecule has 1 spiro atoms. The molecule has 0 aromatic rings. The molecular weight excluding hydrogens is 212 g/mol. The van der Waals surface area contributed by atoms with E-state index in [-0.39, 0.29) is 12.5 Å². The van der Waals surface area contributed by atoms with Crippen molar-refractivity contribution in [3.05, 3.63) is 0 Å². The van der Waals surface area contributed by atoms with Crippen LogP contribution in [0.25, 0.3) is 0 Å². The zero-order valence-corrected chi connectivity index (χ0v) is 9.70. The van der Waals surface area contributed by atoms with Crippen molar-refractivity contribution >= 4 is 12.0 Å². The highest BCUT2D eigenvalue weighted by Crippen LogP contribution is 2.30. The number of imide groups is 1. The van der Waals surface area contributed by atoms with Crippen molar-refractivity contribution in [1.29, 1.82) is 0 Å². The van der Waals surface area contributed by atoms with Crippen LogP contribution < -0.4 is 5.32 Å². The molecule has 6 heteroatoms. The Morgan fingerprint density at radius 2 is 2.25 bits per heavy atom. The van der Waals surface area contributed by atoms with E-state index in [1.54, 1.807) is 20.8 Å². The Hall–Kier alpha value is -1.14. The third kappa shape index (κ3) is 1.78. The van der Waals surface area contributed by atoms with Gasteiger partial charge in [-0.1, -0.05) is 0 Å². The monoisotopic (exact) mass is 228 g/mol. The van der Waals surface area contributed by atoms with Gasteiger partial charge in [-0.3, -0.25) is 10.1 Å². The predicted molar refractivity (Wildman–Crippen MR) is 54.6 cm³/mol. The Kier molecular flexibility index (Phi) is 2.43. The van der Waals surface area contributed by atoms with Gasteiger partial charge in [-0.15, -0.1) is 0 Å². The van der Waals surface area contributed by atoms with Crippen LogP contribution in [0.15, 0.2) is 0 Å². The minimum atomic E-state index is -0.823. The maximum atomic E-state index is 11.8. The van der Waals surface area contributed by atoms with E-state index in [0.29, 0.717) is 13.3 Å². The molecule has 0 saturated carbocycles. The molecule has 1 unspecified atom stereocenters. The smallest absolute Gasteiger partial charge is 0.417 e. The molecule has 2 saturated heterocycles. The highest BCUT2D eigenvalue weighted by atomic mass is 16.6. The molecule has 0 aliphatic carbocycles. The van der Waals surface area contributed by atoms with Crippen LogP contribution in [0.1, 0.15) is 20.8 Å². The van der Waals surface area contributed by atoms with E-state index in [2.05, 4.69) is 5.32 Å². The van der Waals surface area contributed by atoms with Gasteiger partial charge in [0.05, 0.1) is 13.3 Å². The second kappa shape index (κ2) is 3.43. The molecule has 2 rings (SSSR count). The molecule has 90 valence electrons. The minimum absolute atomic E-state index is 0.272. The normalized spacial score (nSPS) is 29.4. The Balaban J connectivity index is 1.95. The van der Waals surface area contributed by atoms with E-state index in [9.17, 15) is 9.59 Å². The number of amides is 2. The van der Waals surface area contributed by atoms with Gasteiger partial charge in [-0.25, -0.2) is 9.69 Å². The van der Waals surface area contributed by atoms with Crippen LogP contribution in [0.4, 0.5) is 4.79 Å². The van der Waals surface area contributed by atoms with Gasteiger partial charge in [-0.05, 0) is 20.8 Å². The molecule has 0 aromatic heterocycles. The average Bonchev–Trinajstić information content (AvgIpc) is 2.61. The number of carbonyl (C=O) groups excluding carboxylic acids is 2. The summed E-state index contributed by atoms with van der Waals surface area (Å²) in [5.74, 6) is -0.313. The van der Waals surface area contributed by atoms with E-state index < -0.39 is 17.3 Å². The van der Waals surface area contributed by atoms with Gasteiger partial charge in [0.15, 0.2) is 5.60 Å². The number of ether oxygens (including phenoxy) is 2. The summed E-state index contributed by atoms with van der Waals surface area (Å²) in [5.41, 5.74) is -1.41. The zero-order chi connectivity index (χ0) is 12.0. The van der Waals surface area contributed by atoms with Crippen LogP contribution in [0.3, 0.4) is 0 Å². The first-order valence-corrected chi connectivity index (χ1v) is 5.24. The van der Waals surface area contributed by atoms with Gasteiger partial charge in [0.25, 0.3) is 5.91 Å². The molecule has 0 radical (unpaired) electrons. The Bertz CT molecular complexity index is 328. The Labute approximate surface area is 93.9 Å². The van der Waals surface area contributed by atoms with Crippen LogP contribution in [-0.4, -0.2) is 47.9 Å². The number of nitrogens with one attached hydrogen (secondary N) is 1. The van der Waals surface area contributed by atoms with Crippen molar-refractivity contribution in [3.63, 3.8) is 0 Å². The molecule has 2 heterocycles. The molecule has 1 atom stereocenters. The predicted octanol–water partition coefficient (Wildman–Crippen LogP) is 0.0798. The van der Waals surface area contributed by atoms with Gasteiger partial charge in [0.1, 0.15) is 5.60 Å². The second-order valence-corrected chi connectivity index (χ2v) is 5.08. The molecular formula is C10H16N2O4. The van der Waals surface area contributed by atoms with E-state index in [4.69, 9.17) is 9.47 Å². The van der Waals surface area contributed by atoms with Crippen LogP contribution in [0, 0.1) is 0 Å². The van der Waals surface area contributed by atoms with Gasteiger partial charge in [0, 0.05) is 6.54 Å². The Morgan fingerprint density at radius 1 is 1.56 bits per heavy atom. The molecule has 2 fully saturated rings. The Morgan fingerprint density at radius 3 is 2.69 bits per heavy atom. The van der Waals surface area contributed by atoms with Crippen LogP contribution in [0.2, 0.25) is 0 Å². The largest absolute Gasteiger partial charge is 0.443 e. The number of hydrogen-bond donors (Lipinski definition) is 1. The molecule has 16 heavy (non-hydrogen) atoms. The number of nitrogens with zero attached hydrogens (tertiary/aromatic N) is 1. The summed E-state index contributed by atoms with van der Waals surface area (Å²) >= 11 is 0. The van der Waals surface area contributed by atoms with Crippen LogP contribution >= 0.6 is 0 Å². The lowest BCUT2D eigenvalue weighted by molar-refractivity contribution is -0.172. The molecule has 2 aliphatic heterocycles. The van der Waals surface area contributed by atoms with E-state index >= 15 is 0 Å². The molecule has 2 aliphatic rings. The highest BCUT2D eigenvalue weighted by molar-refractivity contribution is 6.03. The number of rotatable bonds is 0. The van der Waals surface area contributed by atoms with Crippen molar-refractivity contribution in [2.45, 2.75) is 32.0 Å². The molecule has 0 aromatic carbocycles. The average molecular weight is 228 g/mol. The van der Waals surface area contributed by atoms with Crippen molar-refractivity contribution in [3.8, 4) is 0 Å². The number of likely N-dealkylation sites (tertiary alicyclic amines) is 1. The lowest BCUT2D eigenvalue weighted by Crippen LogP contribution is -2.70. The first-order valence-electron chi connectivity index (χ1n) is 5.24. The third-order valence-electron chi connectivity index (χ3n) is 2.52. The van der Waals surface area contributed by atoms with E-state index in [0.717, 1.165) is 4.90 Å². The lowest BCUT2D eigenvalue weighted by Gasteiger charge is -2.43. The third-order valence-corrected chi connectivity index (χ3v) is 2.52. The summed E-state index contributed by atoms with van der Waals surface area (Å²) in [6.07, 6.45) is -0.598. The first kappa shape index (κ1) is 11.3. The topological polar surface area (TPSA) is 67.9 Å². The standard InChI is InChI=1S/C10H16N2O4/c1-9(2,3)16-8(14)12-5-10(7(12)13)4-11-6-15-10/h11H,4-6H2,1-3H3. The molecule has 1 N–H and O–H groups in total. The maximum Gasteiger partial charge on any atom is 0.417 e. The van der Waals surface area contributed by atoms with Crippen molar-refractivity contribution in [2.75, 3.05) is 19.8 Å². The molecule has 0 bridgehead atoms. The van der Waals surface area contributed by atoms with Gasteiger partial charge in [-0.2, -0.15) is 0 Å². The van der Waals surface area contributed by atoms with Crippen molar-refractivity contribution in [2.24, 2.45) is 0 Å². The van der Waals surface area contributed by atoms with Crippen LogP contribution in [0.5, 0.6) is 0 Å². The quantitative estimate of drug-likeness (QED) is 0.595. The maximum absolute atomic E-state index is 11.8. The summed E-state index contributed by atoms with van der Waals surface area (Å²) in [4.78, 5) is 24.5. The van der Waals surface area contributed by atoms with Gasteiger partial charge >= 0.3 is 6.09 Å². The highest BCUT2D eigenvalue weighted by Gasteiger charge is 2.58. The summed E-state index contributed by atoms with van der Waals surface area (Å²) in [7, 11) is 0. The van der Waals surface area contributed by atoms with Crippen molar-refractivity contribution < 1.29 is 19.1 Å². The summed E-state index contributed by atoms with van der Waals surface area (Å²) in [6.45, 7) is 6.38.